The van der Waals surface area contributed by atoms with E-state index < -0.39 is 0 Å². The highest BCUT2D eigenvalue weighted by Gasteiger charge is 2.40. The molecule has 0 aromatic carbocycles. The van der Waals surface area contributed by atoms with E-state index in [0.717, 1.165) is 44.5 Å². The van der Waals surface area contributed by atoms with Crippen molar-refractivity contribution in [1.29, 1.82) is 0 Å². The molecule has 8 heteroatoms. The Labute approximate surface area is 161 Å². The topological polar surface area (TPSA) is 96.6 Å². The monoisotopic (exact) mass is 376 g/mol. The van der Waals surface area contributed by atoms with Crippen LogP contribution in [0.4, 0.5) is 10.7 Å². The van der Waals surface area contributed by atoms with Crippen molar-refractivity contribution >= 4 is 12.0 Å². The number of fused-ring (bicyclic) bond motifs is 2. The minimum Gasteiger partial charge on any atom is -0.383 e. The summed E-state index contributed by atoms with van der Waals surface area (Å²) in [5, 5.41) is 3.22. The number of likely N-dealkylation sites (tertiary alicyclic amines) is 1. The van der Waals surface area contributed by atoms with E-state index in [4.69, 9.17) is 10.5 Å². The van der Waals surface area contributed by atoms with E-state index in [9.17, 15) is 4.79 Å². The quantitative estimate of drug-likeness (QED) is 0.766. The van der Waals surface area contributed by atoms with Crippen molar-refractivity contribution in [3.8, 4) is 0 Å². The van der Waals surface area contributed by atoms with Gasteiger partial charge in [0.2, 0.25) is 5.95 Å². The Hall–Kier alpha value is -1.93. The molecule has 1 aliphatic carbocycles. The van der Waals surface area contributed by atoms with Crippen LogP contribution in [0.5, 0.6) is 0 Å². The van der Waals surface area contributed by atoms with Gasteiger partial charge in [-0.1, -0.05) is 6.92 Å². The molecule has 2 amide bonds. The first kappa shape index (κ1) is 19.8. The number of rotatable bonds is 6. The number of methoxy groups -OCH3 is 1. The molecular formula is C19H32N6O2. The number of carbonyl (C=O) groups is 1. The van der Waals surface area contributed by atoms with Gasteiger partial charge >= 0.3 is 6.03 Å². The zero-order valence-electron chi connectivity index (χ0n) is 16.6. The molecule has 150 valence electrons. The Bertz CT molecular complexity index is 655. The summed E-state index contributed by atoms with van der Waals surface area (Å²) in [6.45, 7) is 5.26. The van der Waals surface area contributed by atoms with Gasteiger partial charge in [0, 0.05) is 51.2 Å². The van der Waals surface area contributed by atoms with Gasteiger partial charge in [-0.15, -0.1) is 0 Å². The lowest BCUT2D eigenvalue weighted by Gasteiger charge is -2.47. The second-order valence-electron chi connectivity index (χ2n) is 7.73. The predicted octanol–water partition coefficient (Wildman–Crippen LogP) is 0.914. The molecule has 27 heavy (non-hydrogen) atoms. The van der Waals surface area contributed by atoms with Crippen LogP contribution in [0.15, 0.2) is 6.20 Å². The Kier molecular flexibility index (Phi) is 6.49. The number of urea groups is 1. The Morgan fingerprint density at radius 3 is 3.04 bits per heavy atom. The molecule has 1 aliphatic heterocycles. The molecular weight excluding hydrogens is 344 g/mol. The van der Waals surface area contributed by atoms with Crippen LogP contribution in [0, 0.1) is 5.92 Å². The Morgan fingerprint density at radius 1 is 1.48 bits per heavy atom. The van der Waals surface area contributed by atoms with Crippen LogP contribution in [0.1, 0.15) is 31.0 Å². The van der Waals surface area contributed by atoms with Crippen LogP contribution in [-0.2, 0) is 17.6 Å². The molecule has 0 radical (unpaired) electrons. The molecule has 2 heterocycles. The number of carbonyl (C=O) groups excluding carboxylic acids is 1. The van der Waals surface area contributed by atoms with Crippen molar-refractivity contribution in [3.63, 3.8) is 0 Å². The Balaban J connectivity index is 1.69. The molecule has 0 bridgehead atoms. The predicted molar refractivity (Wildman–Crippen MR) is 104 cm³/mol. The highest BCUT2D eigenvalue weighted by Crippen LogP contribution is 2.34. The van der Waals surface area contributed by atoms with Crippen molar-refractivity contribution < 1.29 is 9.53 Å². The lowest BCUT2D eigenvalue weighted by Crippen LogP contribution is -2.59. The van der Waals surface area contributed by atoms with E-state index in [-0.39, 0.29) is 12.1 Å². The summed E-state index contributed by atoms with van der Waals surface area (Å²) >= 11 is 0. The van der Waals surface area contributed by atoms with E-state index in [1.165, 1.54) is 5.56 Å². The summed E-state index contributed by atoms with van der Waals surface area (Å²) in [6.07, 6.45) is 5.82. The summed E-state index contributed by atoms with van der Waals surface area (Å²) in [5.41, 5.74) is 8.08. The second-order valence-corrected chi connectivity index (χ2v) is 7.73. The fraction of sp³-hybridized carbons (Fsp3) is 0.737. The van der Waals surface area contributed by atoms with Crippen LogP contribution >= 0.6 is 0 Å². The molecule has 3 N–H and O–H groups in total. The minimum absolute atomic E-state index is 0.0327. The molecule has 3 rings (SSSR count). The van der Waals surface area contributed by atoms with Gasteiger partial charge in [0.1, 0.15) is 0 Å². The van der Waals surface area contributed by atoms with Gasteiger partial charge in [-0.2, -0.15) is 0 Å². The zero-order chi connectivity index (χ0) is 19.4. The van der Waals surface area contributed by atoms with Crippen LogP contribution in [-0.4, -0.2) is 78.3 Å². The minimum atomic E-state index is -0.0327. The van der Waals surface area contributed by atoms with Gasteiger partial charge in [-0.3, -0.25) is 4.90 Å². The van der Waals surface area contributed by atoms with Crippen LogP contribution in [0.3, 0.4) is 0 Å². The molecule has 0 saturated carbocycles. The number of nitrogen functional groups attached to an aromatic ring is 1. The van der Waals surface area contributed by atoms with Gasteiger partial charge in [0.15, 0.2) is 0 Å². The summed E-state index contributed by atoms with van der Waals surface area (Å²) in [4.78, 5) is 25.3. The summed E-state index contributed by atoms with van der Waals surface area (Å²) in [6, 6.07) is 0.606. The van der Waals surface area contributed by atoms with E-state index in [1.54, 1.807) is 19.1 Å². The number of nitrogens with two attached hydrogens (primary N) is 1. The number of anilines is 1. The lowest BCUT2D eigenvalue weighted by atomic mass is 9.76. The van der Waals surface area contributed by atoms with Gasteiger partial charge in [-0.05, 0) is 43.7 Å². The number of ether oxygens (including phenoxy) is 1. The fourth-order valence-electron chi connectivity index (χ4n) is 4.37. The van der Waals surface area contributed by atoms with Gasteiger partial charge in [0.05, 0.1) is 6.61 Å². The molecule has 1 aromatic rings. The van der Waals surface area contributed by atoms with Crippen molar-refractivity contribution in [2.45, 2.75) is 44.7 Å². The molecule has 2 aliphatic rings. The first-order valence-electron chi connectivity index (χ1n) is 9.86. The number of piperidine rings is 1. The lowest BCUT2D eigenvalue weighted by molar-refractivity contribution is 0.0624. The third kappa shape index (κ3) is 4.68. The maximum Gasteiger partial charge on any atom is 0.317 e. The third-order valence-electron chi connectivity index (χ3n) is 5.73. The van der Waals surface area contributed by atoms with E-state index in [2.05, 4.69) is 27.1 Å². The van der Waals surface area contributed by atoms with Crippen LogP contribution in [0.2, 0.25) is 0 Å². The number of nitrogens with one attached hydrogen (secondary N) is 1. The van der Waals surface area contributed by atoms with Crippen LogP contribution in [0.25, 0.3) is 0 Å². The highest BCUT2D eigenvalue weighted by molar-refractivity contribution is 5.74. The zero-order valence-corrected chi connectivity index (χ0v) is 16.6. The molecule has 1 saturated heterocycles. The summed E-state index contributed by atoms with van der Waals surface area (Å²) in [7, 11) is 3.45. The number of amides is 2. The largest absolute Gasteiger partial charge is 0.383 e. The normalized spacial score (nSPS) is 24.8. The van der Waals surface area contributed by atoms with Crippen molar-refractivity contribution in [2.24, 2.45) is 5.92 Å². The van der Waals surface area contributed by atoms with Gasteiger partial charge in [-0.25, -0.2) is 14.8 Å². The molecule has 8 nitrogen and oxygen atoms in total. The first-order chi connectivity index (χ1) is 13.0. The molecule has 0 spiro atoms. The van der Waals surface area contributed by atoms with Crippen LogP contribution < -0.4 is 11.1 Å². The Morgan fingerprint density at radius 2 is 2.30 bits per heavy atom. The maximum atomic E-state index is 12.5. The second kappa shape index (κ2) is 8.84. The SMILES string of the molecule is CCCN1C[C@@H](NC(=O)N(C)CCOC)C[C@@H]2Cc3nc(N)ncc3C[C@H]21. The van der Waals surface area contributed by atoms with Crippen molar-refractivity contribution in [1.82, 2.24) is 25.1 Å². The highest BCUT2D eigenvalue weighted by atomic mass is 16.5. The molecule has 0 unspecified atom stereocenters. The van der Waals surface area contributed by atoms with E-state index in [0.29, 0.717) is 31.1 Å². The molecule has 1 fully saturated rings. The van der Waals surface area contributed by atoms with Crippen molar-refractivity contribution in [3.05, 3.63) is 17.5 Å². The van der Waals surface area contributed by atoms with E-state index >= 15 is 0 Å². The summed E-state index contributed by atoms with van der Waals surface area (Å²) in [5.74, 6) is 0.819. The van der Waals surface area contributed by atoms with Gasteiger partial charge < -0.3 is 20.7 Å². The number of likely N-dealkylation sites (N-methyl/N-ethyl adjacent to an activating group) is 1. The smallest absolute Gasteiger partial charge is 0.317 e. The number of nitrogens with zero attached hydrogens (tertiary/aromatic N) is 4. The molecule has 3 atom stereocenters. The maximum absolute atomic E-state index is 12.5. The number of hydrogen-bond acceptors (Lipinski definition) is 6. The van der Waals surface area contributed by atoms with Crippen molar-refractivity contribution in [2.75, 3.05) is 46.1 Å². The third-order valence-corrected chi connectivity index (χ3v) is 5.73. The summed E-state index contributed by atoms with van der Waals surface area (Å²) < 4.78 is 5.06. The number of aromatic nitrogens is 2. The average molecular weight is 377 g/mol. The average Bonchev–Trinajstić information content (AvgIpc) is 2.64. The standard InChI is InChI=1S/C19H32N6O2/c1-4-5-25-12-15(22-19(26)24(2)6-7-27-3)8-13-9-16-14(10-17(13)25)11-21-18(20)23-16/h11,13,15,17H,4-10,12H2,1-3H3,(H,22,26)(H2,20,21,23)/t13-,15+,17-/m1/s1. The fourth-order valence-corrected chi connectivity index (χ4v) is 4.37. The van der Waals surface area contributed by atoms with Gasteiger partial charge in [0.25, 0.3) is 0 Å². The first-order valence-corrected chi connectivity index (χ1v) is 9.86. The number of hydrogen-bond donors (Lipinski definition) is 2. The molecule has 1 aromatic heterocycles. The van der Waals surface area contributed by atoms with E-state index in [1.807, 2.05) is 6.20 Å².